The molecule has 22 nitrogen and oxygen atoms in total. The molecule has 0 saturated carbocycles. The van der Waals surface area contributed by atoms with E-state index in [-0.39, 0.29) is 34.2 Å². The molecule has 3 aliphatic heterocycles. The van der Waals surface area contributed by atoms with Crippen LogP contribution in [0.2, 0.25) is 0 Å². The zero-order valence-corrected chi connectivity index (χ0v) is 25.7. The molecule has 7 heterocycles. The van der Waals surface area contributed by atoms with Gasteiger partial charge in [0.15, 0.2) is 41.1 Å². The highest BCUT2D eigenvalue weighted by molar-refractivity contribution is 8.44. The maximum atomic E-state index is 13.6. The fourth-order valence-electron chi connectivity index (χ4n) is 5.18. The van der Waals surface area contributed by atoms with Gasteiger partial charge in [0, 0.05) is 0 Å². The number of aromatic amines is 2. The Bertz CT molecular complexity index is 2040. The second-order valence-electron chi connectivity index (χ2n) is 9.97. The number of aliphatic hydroxyl groups excluding tert-OH is 2. The van der Waals surface area contributed by atoms with E-state index >= 15 is 0 Å². The topological polar surface area (TPSA) is 309 Å². The number of aliphatic hydroxyl groups is 2. The van der Waals surface area contributed by atoms with Crippen LogP contribution in [0, 0.1) is 0 Å². The summed E-state index contributed by atoms with van der Waals surface area (Å²) in [6.45, 7) is -9.59. The third-order valence-electron chi connectivity index (χ3n) is 7.08. The van der Waals surface area contributed by atoms with Gasteiger partial charge >= 0.3 is 13.6 Å². The average Bonchev–Trinajstić information content (AvgIpc) is 3.69. The molecule has 0 spiro atoms. The van der Waals surface area contributed by atoms with Crippen molar-refractivity contribution in [3.63, 3.8) is 0 Å². The van der Waals surface area contributed by atoms with Gasteiger partial charge in [0.1, 0.15) is 30.5 Å². The molecule has 4 aromatic rings. The van der Waals surface area contributed by atoms with Crippen LogP contribution < -0.4 is 22.6 Å². The van der Waals surface area contributed by atoms with Crippen LogP contribution in [0.15, 0.2) is 22.2 Å². The van der Waals surface area contributed by atoms with Crippen molar-refractivity contribution in [1.82, 2.24) is 39.0 Å². The molecule has 4 aromatic heterocycles. The minimum absolute atomic E-state index is 0.0530. The summed E-state index contributed by atoms with van der Waals surface area (Å²) in [6, 6.07) is 0. The molecular weight excluding hydrogens is 686 g/mol. The van der Waals surface area contributed by atoms with E-state index < -0.39 is 80.6 Å². The van der Waals surface area contributed by atoms with E-state index in [0.29, 0.717) is 0 Å². The predicted molar refractivity (Wildman–Crippen MR) is 155 cm³/mol. The van der Waals surface area contributed by atoms with Gasteiger partial charge in [-0.2, -0.15) is 9.97 Å². The maximum Gasteiger partial charge on any atom is 0.388 e. The number of H-pyrrole nitrogens is 2. The summed E-state index contributed by atoms with van der Waals surface area (Å²) in [6.07, 6.45) is -10.3. The van der Waals surface area contributed by atoms with Crippen LogP contribution in [-0.4, -0.2) is 92.7 Å². The summed E-state index contributed by atoms with van der Waals surface area (Å²) in [5.74, 6) is -0.495. The summed E-state index contributed by atoms with van der Waals surface area (Å²) >= 11 is 8.01. The molecule has 242 valence electrons. The smallest absolute Gasteiger partial charge is 0.386 e. The molecular formula is C19H22N10O12P2S2. The number of nitrogen functional groups attached to an aromatic ring is 2. The number of nitrogens with zero attached hydrogens (tertiary/aromatic N) is 6. The first-order valence-corrected chi connectivity index (χ1v) is 18.1. The molecule has 0 radical (unpaired) electrons. The fourth-order valence-corrected chi connectivity index (χ4v) is 8.29. The van der Waals surface area contributed by atoms with Gasteiger partial charge < -0.3 is 31.2 Å². The van der Waals surface area contributed by atoms with E-state index in [1.54, 1.807) is 0 Å². The van der Waals surface area contributed by atoms with Gasteiger partial charge in [-0.15, -0.1) is 0 Å². The molecule has 0 aliphatic carbocycles. The lowest BCUT2D eigenvalue weighted by Crippen LogP contribution is -2.36. The number of nitrogens with two attached hydrogens (primary N) is 2. The standard InChI is InChI=1S/C19H22N10O12P2S2/c20-18-24-11-5(13(32)26-18)22-2-28(11)15-7(30)9-4(37-15)1-36-42(34,44)40-10-8(31)16(38-17(10)41-43(35,45)39-9)29-3-23-6-12(29)25-19(21)27-14(6)33/h2-4,7-10,15-17,30-31H,1H2,(H,34,44)(H,35,45)(H3,20,24,26,32)(H3,21,25,27,33)/t4-,7?,8?,9?,10?,15-,16-,17-,42-,43-/m1/s1. The van der Waals surface area contributed by atoms with E-state index in [0.717, 1.165) is 17.2 Å². The molecule has 0 aromatic carbocycles. The van der Waals surface area contributed by atoms with Crippen LogP contribution in [0.1, 0.15) is 12.5 Å². The lowest BCUT2D eigenvalue weighted by atomic mass is 10.1. The third kappa shape index (κ3) is 5.39. The first-order valence-electron chi connectivity index (χ1n) is 12.7. The first-order chi connectivity index (χ1) is 21.2. The normalized spacial score (nSPS) is 37.4. The number of anilines is 2. The van der Waals surface area contributed by atoms with Crippen molar-refractivity contribution in [1.29, 1.82) is 0 Å². The Kier molecular flexibility index (Phi) is 7.42. The number of ether oxygens (including phenoxy) is 2. The van der Waals surface area contributed by atoms with E-state index in [2.05, 4.69) is 54.4 Å². The Morgan fingerprint density at radius 1 is 0.822 bits per heavy atom. The number of aromatic nitrogens is 8. The van der Waals surface area contributed by atoms with Crippen molar-refractivity contribution in [2.45, 2.75) is 49.3 Å². The number of thiol groups is 2. The van der Waals surface area contributed by atoms with Crippen molar-refractivity contribution in [2.75, 3.05) is 18.1 Å². The largest absolute Gasteiger partial charge is 0.388 e. The second-order valence-corrected chi connectivity index (χ2v) is 15.7. The summed E-state index contributed by atoms with van der Waals surface area (Å²) in [5.41, 5.74) is 9.58. The second kappa shape index (κ2) is 10.9. The zero-order valence-electron chi connectivity index (χ0n) is 22.1. The summed E-state index contributed by atoms with van der Waals surface area (Å²) in [5, 5.41) is 22.4. The molecule has 26 heteroatoms. The van der Waals surface area contributed by atoms with E-state index in [4.69, 9.17) is 39.0 Å². The van der Waals surface area contributed by atoms with Crippen LogP contribution in [0.25, 0.3) is 22.3 Å². The molecule has 4 unspecified atom stereocenters. The van der Waals surface area contributed by atoms with Crippen molar-refractivity contribution >= 4 is 72.3 Å². The van der Waals surface area contributed by atoms with Crippen LogP contribution in [0.5, 0.6) is 0 Å². The number of imidazole rings is 2. The molecule has 45 heavy (non-hydrogen) atoms. The van der Waals surface area contributed by atoms with Gasteiger partial charge in [0.05, 0.1) is 19.3 Å². The lowest BCUT2D eigenvalue weighted by Gasteiger charge is -2.25. The number of hydrogen-bond donors (Lipinski definition) is 8. The van der Waals surface area contributed by atoms with E-state index in [9.17, 15) is 28.9 Å². The lowest BCUT2D eigenvalue weighted by molar-refractivity contribution is -0.126. The molecule has 3 saturated heterocycles. The van der Waals surface area contributed by atoms with Crippen LogP contribution in [0.3, 0.4) is 0 Å². The van der Waals surface area contributed by atoms with Gasteiger partial charge in [0.25, 0.3) is 11.1 Å². The summed E-state index contributed by atoms with van der Waals surface area (Å²) in [4.78, 5) is 45.0. The molecule has 8 N–H and O–H groups in total. The first kappa shape index (κ1) is 30.8. The van der Waals surface area contributed by atoms with Crippen LogP contribution >= 0.6 is 38.1 Å². The van der Waals surface area contributed by atoms with Gasteiger partial charge in [-0.25, -0.2) is 19.1 Å². The van der Waals surface area contributed by atoms with Gasteiger partial charge in [0.2, 0.25) is 11.9 Å². The monoisotopic (exact) mass is 708 g/mol. The Hall–Kier alpha value is -2.86. The molecule has 0 amide bonds. The van der Waals surface area contributed by atoms with Crippen molar-refractivity contribution < 1.29 is 46.9 Å². The minimum Gasteiger partial charge on any atom is -0.386 e. The zero-order chi connectivity index (χ0) is 32.0. The van der Waals surface area contributed by atoms with Gasteiger partial charge in [-0.05, 0) is 0 Å². The Balaban J connectivity index is 1.21. The number of nitrogens with one attached hydrogen (secondary N) is 2. The van der Waals surface area contributed by atoms with Crippen molar-refractivity contribution in [3.05, 3.63) is 33.4 Å². The maximum absolute atomic E-state index is 13.6. The summed E-state index contributed by atoms with van der Waals surface area (Å²) in [7, 11) is 0. The highest BCUT2D eigenvalue weighted by Gasteiger charge is 2.55. The Labute approximate surface area is 258 Å². The minimum atomic E-state index is -4.57. The van der Waals surface area contributed by atoms with Crippen LogP contribution in [0.4, 0.5) is 11.9 Å². The van der Waals surface area contributed by atoms with E-state index in [1.807, 2.05) is 0 Å². The number of hydrogen-bond acceptors (Lipinski definition) is 18. The Morgan fingerprint density at radius 3 is 1.91 bits per heavy atom. The average molecular weight is 709 g/mol. The Morgan fingerprint density at radius 2 is 1.33 bits per heavy atom. The highest BCUT2D eigenvalue weighted by atomic mass is 32.7. The quantitative estimate of drug-likeness (QED) is 0.0894. The van der Waals surface area contributed by atoms with E-state index in [1.165, 1.54) is 4.57 Å². The van der Waals surface area contributed by atoms with Crippen LogP contribution in [-0.2, 0) is 36.7 Å². The molecule has 3 fully saturated rings. The SMILES string of the molecule is Nc1nc2c(ncn2[C@@H]2O[C@@H]3O[P@](=O)(S)OC4C(O)[C@H](n5cnc6c(=O)[nH]c(N)nc65)O[C@@H]4CO[P@@](=O)(S)OC3C2O)c(=O)[nH]1. The number of rotatable bonds is 2. The van der Waals surface area contributed by atoms with Gasteiger partial charge in [-0.3, -0.25) is 46.8 Å². The molecule has 3 aliphatic rings. The molecule has 7 rings (SSSR count). The summed E-state index contributed by atoms with van der Waals surface area (Å²) < 4.78 is 62.9. The predicted octanol–water partition coefficient (Wildman–Crippen LogP) is -1.22. The van der Waals surface area contributed by atoms with Gasteiger partial charge in [-0.1, -0.05) is 24.5 Å². The molecule has 0 bridgehead atoms. The highest BCUT2D eigenvalue weighted by Crippen LogP contribution is 2.62. The number of fused-ring (bicyclic) bond motifs is 4. The van der Waals surface area contributed by atoms with Crippen molar-refractivity contribution in [3.8, 4) is 0 Å². The van der Waals surface area contributed by atoms with Crippen molar-refractivity contribution in [2.24, 2.45) is 0 Å². The third-order valence-corrected chi connectivity index (χ3v) is 10.2. The fraction of sp³-hybridized carbons (Fsp3) is 0.474. The molecule has 10 atom stereocenters.